The van der Waals surface area contributed by atoms with Crippen LogP contribution in [0.25, 0.3) is 0 Å². The van der Waals surface area contributed by atoms with Crippen LogP contribution in [0, 0.1) is 0 Å². The summed E-state index contributed by atoms with van der Waals surface area (Å²) in [5.41, 5.74) is -0.561. The SMILES string of the molecule is COc1cc(Br)c(C(F)(F)F)cc1N(CCOCCO)CCOCCO. The minimum Gasteiger partial charge on any atom is -0.495 e. The molecular weight excluding hydrogens is 423 g/mol. The molecule has 0 bridgehead atoms. The van der Waals surface area contributed by atoms with E-state index in [-0.39, 0.29) is 68.6 Å². The lowest BCUT2D eigenvalue weighted by atomic mass is 10.1. The van der Waals surface area contributed by atoms with Gasteiger partial charge in [-0.15, -0.1) is 0 Å². The molecule has 10 heteroatoms. The van der Waals surface area contributed by atoms with Crippen LogP contribution in [0.15, 0.2) is 16.6 Å². The highest BCUT2D eigenvalue weighted by atomic mass is 79.9. The lowest BCUT2D eigenvalue weighted by Gasteiger charge is -2.27. The maximum atomic E-state index is 13.2. The molecule has 0 radical (unpaired) electrons. The molecule has 150 valence electrons. The number of hydrogen-bond acceptors (Lipinski definition) is 6. The van der Waals surface area contributed by atoms with Crippen molar-refractivity contribution in [2.75, 3.05) is 64.7 Å². The minimum absolute atomic E-state index is 0.112. The maximum absolute atomic E-state index is 13.2. The minimum atomic E-state index is -4.52. The smallest absolute Gasteiger partial charge is 0.417 e. The second-order valence-corrected chi connectivity index (χ2v) is 6.02. The molecule has 1 aromatic carbocycles. The van der Waals surface area contributed by atoms with E-state index in [1.165, 1.54) is 13.2 Å². The number of benzene rings is 1. The molecule has 1 aromatic rings. The van der Waals surface area contributed by atoms with E-state index in [2.05, 4.69) is 15.9 Å². The van der Waals surface area contributed by atoms with Gasteiger partial charge in [0.1, 0.15) is 5.75 Å². The summed E-state index contributed by atoms with van der Waals surface area (Å²) in [5.74, 6) is 0.272. The monoisotopic (exact) mass is 445 g/mol. The number of rotatable bonds is 12. The fourth-order valence-corrected chi connectivity index (χ4v) is 2.75. The Labute approximate surface area is 158 Å². The Hall–Kier alpha value is -1.07. The zero-order chi connectivity index (χ0) is 19.6. The van der Waals surface area contributed by atoms with E-state index in [0.29, 0.717) is 0 Å². The molecule has 0 saturated heterocycles. The van der Waals surface area contributed by atoms with E-state index >= 15 is 0 Å². The predicted octanol–water partition coefficient (Wildman–Crippen LogP) is 2.30. The van der Waals surface area contributed by atoms with Gasteiger partial charge >= 0.3 is 6.18 Å². The first kappa shape index (κ1) is 23.0. The molecule has 0 heterocycles. The van der Waals surface area contributed by atoms with Gasteiger partial charge in [-0.2, -0.15) is 13.2 Å². The van der Waals surface area contributed by atoms with Gasteiger partial charge in [-0.05, 0) is 12.1 Å². The van der Waals surface area contributed by atoms with Gasteiger partial charge in [-0.1, -0.05) is 15.9 Å². The summed E-state index contributed by atoms with van der Waals surface area (Å²) in [6.07, 6.45) is -4.52. The van der Waals surface area contributed by atoms with Crippen LogP contribution in [0.5, 0.6) is 5.75 Å². The zero-order valence-corrected chi connectivity index (χ0v) is 16.0. The van der Waals surface area contributed by atoms with E-state index in [0.717, 1.165) is 6.07 Å². The van der Waals surface area contributed by atoms with Crippen molar-refractivity contribution in [2.45, 2.75) is 6.18 Å². The highest BCUT2D eigenvalue weighted by Gasteiger charge is 2.34. The van der Waals surface area contributed by atoms with Gasteiger partial charge in [0.05, 0.1) is 58.0 Å². The van der Waals surface area contributed by atoms with Crippen LogP contribution >= 0.6 is 15.9 Å². The summed E-state index contributed by atoms with van der Waals surface area (Å²) in [6, 6.07) is 2.29. The van der Waals surface area contributed by atoms with Gasteiger partial charge in [0.2, 0.25) is 0 Å². The molecule has 0 saturated carbocycles. The van der Waals surface area contributed by atoms with E-state index in [9.17, 15) is 13.2 Å². The van der Waals surface area contributed by atoms with Gasteiger partial charge in [0.25, 0.3) is 0 Å². The van der Waals surface area contributed by atoms with Crippen LogP contribution in [0.4, 0.5) is 18.9 Å². The molecule has 26 heavy (non-hydrogen) atoms. The predicted molar refractivity (Wildman–Crippen MR) is 93.7 cm³/mol. The average Bonchev–Trinajstić information content (AvgIpc) is 2.59. The van der Waals surface area contributed by atoms with E-state index in [1.807, 2.05) is 0 Å². The Morgan fingerprint density at radius 2 is 1.54 bits per heavy atom. The summed E-state index contributed by atoms with van der Waals surface area (Å²) < 4.78 is 55.3. The largest absolute Gasteiger partial charge is 0.495 e. The zero-order valence-electron chi connectivity index (χ0n) is 14.4. The summed E-state index contributed by atoms with van der Waals surface area (Å²) >= 11 is 2.93. The molecule has 0 amide bonds. The number of aliphatic hydroxyl groups excluding tert-OH is 2. The van der Waals surface area contributed by atoms with Gasteiger partial charge in [-0.25, -0.2) is 0 Å². The third-order valence-electron chi connectivity index (χ3n) is 3.40. The second-order valence-electron chi connectivity index (χ2n) is 5.16. The third kappa shape index (κ3) is 7.28. The van der Waals surface area contributed by atoms with Gasteiger partial charge in [0.15, 0.2) is 0 Å². The molecule has 0 aliphatic heterocycles. The molecule has 6 nitrogen and oxygen atoms in total. The number of hydrogen-bond donors (Lipinski definition) is 2. The van der Waals surface area contributed by atoms with E-state index < -0.39 is 11.7 Å². The lowest BCUT2D eigenvalue weighted by Crippen LogP contribution is -2.32. The van der Waals surface area contributed by atoms with Crippen molar-refractivity contribution in [3.05, 3.63) is 22.2 Å². The van der Waals surface area contributed by atoms with Crippen LogP contribution in [0.1, 0.15) is 5.56 Å². The fraction of sp³-hybridized carbons (Fsp3) is 0.625. The summed E-state index contributed by atoms with van der Waals surface area (Å²) in [5, 5.41) is 17.5. The van der Waals surface area contributed by atoms with Crippen LogP contribution < -0.4 is 9.64 Å². The number of ether oxygens (including phenoxy) is 3. The Morgan fingerprint density at radius 1 is 1.00 bits per heavy atom. The van der Waals surface area contributed by atoms with E-state index in [4.69, 9.17) is 24.4 Å². The maximum Gasteiger partial charge on any atom is 0.417 e. The summed E-state index contributed by atoms with van der Waals surface area (Å²) in [6.45, 7) is 0.969. The quantitative estimate of drug-likeness (QED) is 0.481. The molecular formula is C16H23BrF3NO5. The molecule has 0 spiro atoms. The third-order valence-corrected chi connectivity index (χ3v) is 4.05. The number of aliphatic hydroxyl groups is 2. The van der Waals surface area contributed by atoms with Crippen molar-refractivity contribution in [3.8, 4) is 5.75 Å². The molecule has 0 atom stereocenters. The van der Waals surface area contributed by atoms with Crippen molar-refractivity contribution in [2.24, 2.45) is 0 Å². The molecule has 1 rings (SSSR count). The number of alkyl halides is 3. The van der Waals surface area contributed by atoms with Gasteiger partial charge in [-0.3, -0.25) is 0 Å². The highest BCUT2D eigenvalue weighted by molar-refractivity contribution is 9.10. The standard InChI is InChI=1S/C16H23BrF3NO5/c1-24-15-11-13(17)12(16(18,19)20)10-14(15)21(2-6-25-8-4-22)3-7-26-9-5-23/h10-11,22-23H,2-9H2,1H3. The molecule has 2 N–H and O–H groups in total. The first-order chi connectivity index (χ1) is 12.3. The lowest BCUT2D eigenvalue weighted by molar-refractivity contribution is -0.138. The van der Waals surface area contributed by atoms with Crippen LogP contribution in [-0.4, -0.2) is 70.1 Å². The first-order valence-corrected chi connectivity index (χ1v) is 8.71. The molecule has 0 unspecified atom stereocenters. The summed E-state index contributed by atoms with van der Waals surface area (Å²) in [4.78, 5) is 1.65. The van der Waals surface area contributed by atoms with Gasteiger partial charge < -0.3 is 29.3 Å². The highest BCUT2D eigenvalue weighted by Crippen LogP contribution is 2.41. The Kier molecular flexibility index (Phi) is 10.3. The van der Waals surface area contributed by atoms with Crippen molar-refractivity contribution in [1.29, 1.82) is 0 Å². The topological polar surface area (TPSA) is 71.4 Å². The van der Waals surface area contributed by atoms with Crippen molar-refractivity contribution >= 4 is 21.6 Å². The van der Waals surface area contributed by atoms with Crippen LogP contribution in [-0.2, 0) is 15.7 Å². The number of methoxy groups -OCH3 is 1. The van der Waals surface area contributed by atoms with Crippen LogP contribution in [0.2, 0.25) is 0 Å². The van der Waals surface area contributed by atoms with Crippen LogP contribution in [0.3, 0.4) is 0 Å². The number of nitrogens with zero attached hydrogens (tertiary/aromatic N) is 1. The molecule has 0 aliphatic rings. The normalized spacial score (nSPS) is 11.7. The molecule has 0 aromatic heterocycles. The Balaban J connectivity index is 3.07. The average molecular weight is 446 g/mol. The van der Waals surface area contributed by atoms with Crippen molar-refractivity contribution < 1.29 is 37.6 Å². The fourth-order valence-electron chi connectivity index (χ4n) is 2.21. The van der Waals surface area contributed by atoms with Gasteiger partial charge in [0, 0.05) is 17.6 Å². The first-order valence-electron chi connectivity index (χ1n) is 7.92. The Bertz CT molecular complexity index is 533. The van der Waals surface area contributed by atoms with Crippen molar-refractivity contribution in [1.82, 2.24) is 0 Å². The number of anilines is 1. The molecule has 0 aliphatic carbocycles. The van der Waals surface area contributed by atoms with E-state index in [1.54, 1.807) is 4.90 Å². The van der Waals surface area contributed by atoms with Crippen molar-refractivity contribution in [3.63, 3.8) is 0 Å². The second kappa shape index (κ2) is 11.6. The summed E-state index contributed by atoms with van der Waals surface area (Å²) in [7, 11) is 1.38. The molecule has 0 fully saturated rings. The Morgan fingerprint density at radius 3 is 1.96 bits per heavy atom. The number of halogens is 4.